The highest BCUT2D eigenvalue weighted by molar-refractivity contribution is 6.67. The van der Waals surface area contributed by atoms with Crippen LogP contribution in [0.2, 0.25) is 5.15 Å². The Bertz CT molecular complexity index is 255. The molecule has 0 saturated carbocycles. The minimum absolute atomic E-state index is 0.215. The second-order valence-electron chi connectivity index (χ2n) is 1.84. The summed E-state index contributed by atoms with van der Waals surface area (Å²) in [6, 6.07) is 3.27. The van der Waals surface area contributed by atoms with Gasteiger partial charge in [0, 0.05) is 11.8 Å². The number of aromatic nitrogens is 1. The Labute approximate surface area is 84.2 Å². The van der Waals surface area contributed by atoms with E-state index in [0.717, 1.165) is 0 Å². The standard InChI is InChI=1S/C6H3Cl4N/c7-5-4(6(8,9)10)2-1-3-11-5/h1-3H. The summed E-state index contributed by atoms with van der Waals surface area (Å²) in [6.45, 7) is 0. The molecule has 0 radical (unpaired) electrons. The molecular formula is C6H3Cl4N. The molecule has 0 aliphatic heterocycles. The predicted octanol–water partition coefficient (Wildman–Crippen LogP) is 3.56. The van der Waals surface area contributed by atoms with Crippen LogP contribution in [0.15, 0.2) is 18.3 Å². The quantitative estimate of drug-likeness (QED) is 0.491. The molecule has 0 atom stereocenters. The molecule has 1 rings (SSSR count). The smallest absolute Gasteiger partial charge is 0.218 e. The van der Waals surface area contributed by atoms with Crippen molar-refractivity contribution in [3.8, 4) is 0 Å². The summed E-state index contributed by atoms with van der Waals surface area (Å²) in [4.78, 5) is 3.76. The van der Waals surface area contributed by atoms with Crippen LogP contribution >= 0.6 is 46.4 Å². The highest BCUT2D eigenvalue weighted by Gasteiger charge is 2.25. The number of alkyl halides is 3. The molecule has 0 N–H and O–H groups in total. The minimum atomic E-state index is -1.49. The van der Waals surface area contributed by atoms with E-state index in [4.69, 9.17) is 46.4 Å². The Hall–Kier alpha value is 0.310. The zero-order valence-corrected chi connectivity index (χ0v) is 8.21. The molecule has 0 fully saturated rings. The lowest BCUT2D eigenvalue weighted by atomic mass is 10.3. The van der Waals surface area contributed by atoms with Gasteiger partial charge in [-0.05, 0) is 6.07 Å². The first-order valence-corrected chi connectivity index (χ1v) is 4.20. The van der Waals surface area contributed by atoms with Gasteiger partial charge in [0.05, 0.1) is 0 Å². The van der Waals surface area contributed by atoms with Gasteiger partial charge in [0.25, 0.3) is 0 Å². The monoisotopic (exact) mass is 229 g/mol. The maximum Gasteiger partial charge on any atom is 0.218 e. The van der Waals surface area contributed by atoms with Crippen molar-refractivity contribution in [1.82, 2.24) is 4.98 Å². The van der Waals surface area contributed by atoms with Gasteiger partial charge in [0.2, 0.25) is 3.79 Å². The van der Waals surface area contributed by atoms with Crippen LogP contribution in [0, 0.1) is 0 Å². The second-order valence-corrected chi connectivity index (χ2v) is 4.48. The zero-order chi connectivity index (χ0) is 8.48. The Kier molecular flexibility index (Phi) is 2.87. The SMILES string of the molecule is Clc1ncccc1C(Cl)(Cl)Cl. The van der Waals surface area contributed by atoms with Gasteiger partial charge in [-0.3, -0.25) is 0 Å². The first-order chi connectivity index (χ1) is 5.02. The maximum atomic E-state index is 5.64. The van der Waals surface area contributed by atoms with Crippen molar-refractivity contribution in [3.05, 3.63) is 29.0 Å². The average molecular weight is 231 g/mol. The minimum Gasteiger partial charge on any atom is -0.244 e. The van der Waals surface area contributed by atoms with E-state index in [0.29, 0.717) is 5.56 Å². The molecule has 1 aromatic rings. The van der Waals surface area contributed by atoms with Gasteiger partial charge in [0.1, 0.15) is 5.15 Å². The molecule has 0 aliphatic rings. The zero-order valence-electron chi connectivity index (χ0n) is 5.19. The summed E-state index contributed by atoms with van der Waals surface area (Å²) in [6.07, 6.45) is 1.53. The fourth-order valence-corrected chi connectivity index (χ4v) is 1.46. The molecule has 0 spiro atoms. The summed E-state index contributed by atoms with van der Waals surface area (Å²) in [5.41, 5.74) is 0.395. The fourth-order valence-electron chi connectivity index (χ4n) is 0.597. The molecule has 5 heteroatoms. The summed E-state index contributed by atoms with van der Waals surface area (Å²) < 4.78 is -1.49. The maximum absolute atomic E-state index is 5.64. The Morgan fingerprint density at radius 3 is 2.27 bits per heavy atom. The number of hydrogen-bond acceptors (Lipinski definition) is 1. The van der Waals surface area contributed by atoms with E-state index in [9.17, 15) is 0 Å². The number of pyridine rings is 1. The van der Waals surface area contributed by atoms with Gasteiger partial charge in [-0.2, -0.15) is 0 Å². The van der Waals surface area contributed by atoms with E-state index in [1.807, 2.05) is 0 Å². The summed E-state index contributed by atoms with van der Waals surface area (Å²) in [7, 11) is 0. The van der Waals surface area contributed by atoms with Crippen molar-refractivity contribution >= 4 is 46.4 Å². The van der Waals surface area contributed by atoms with Gasteiger partial charge in [0.15, 0.2) is 0 Å². The van der Waals surface area contributed by atoms with Gasteiger partial charge in [-0.1, -0.05) is 52.5 Å². The predicted molar refractivity (Wildman–Crippen MR) is 48.5 cm³/mol. The number of nitrogens with zero attached hydrogens (tertiary/aromatic N) is 1. The van der Waals surface area contributed by atoms with Gasteiger partial charge in [-0.25, -0.2) is 4.98 Å². The molecule has 1 nitrogen and oxygen atoms in total. The molecular weight excluding hydrogens is 228 g/mol. The van der Waals surface area contributed by atoms with Crippen molar-refractivity contribution in [2.24, 2.45) is 0 Å². The average Bonchev–Trinajstić information content (AvgIpc) is 1.86. The van der Waals surface area contributed by atoms with E-state index >= 15 is 0 Å². The van der Waals surface area contributed by atoms with E-state index in [1.165, 1.54) is 6.20 Å². The van der Waals surface area contributed by atoms with Gasteiger partial charge in [-0.15, -0.1) is 0 Å². The molecule has 0 bridgehead atoms. The lowest BCUT2D eigenvalue weighted by molar-refractivity contribution is 1.17. The van der Waals surface area contributed by atoms with Crippen LogP contribution in [0.25, 0.3) is 0 Å². The molecule has 0 saturated heterocycles. The van der Waals surface area contributed by atoms with Gasteiger partial charge < -0.3 is 0 Å². The van der Waals surface area contributed by atoms with Crippen LogP contribution in [0.3, 0.4) is 0 Å². The molecule has 0 aromatic carbocycles. The van der Waals surface area contributed by atoms with E-state index < -0.39 is 3.79 Å². The van der Waals surface area contributed by atoms with Crippen molar-refractivity contribution in [3.63, 3.8) is 0 Å². The third kappa shape index (κ3) is 2.38. The highest BCUT2D eigenvalue weighted by Crippen LogP contribution is 2.40. The topological polar surface area (TPSA) is 12.9 Å². The summed E-state index contributed by atoms with van der Waals surface area (Å²) in [5.74, 6) is 0. The highest BCUT2D eigenvalue weighted by atomic mass is 35.6. The van der Waals surface area contributed by atoms with Crippen LogP contribution in [-0.4, -0.2) is 4.98 Å². The van der Waals surface area contributed by atoms with Crippen molar-refractivity contribution in [2.75, 3.05) is 0 Å². The molecule has 1 aromatic heterocycles. The molecule has 60 valence electrons. The molecule has 0 aliphatic carbocycles. The molecule has 1 heterocycles. The van der Waals surface area contributed by atoms with Crippen molar-refractivity contribution < 1.29 is 0 Å². The third-order valence-corrected chi connectivity index (χ3v) is 1.98. The first kappa shape index (κ1) is 9.40. The fraction of sp³-hybridized carbons (Fsp3) is 0.167. The van der Waals surface area contributed by atoms with E-state index in [1.54, 1.807) is 12.1 Å². The Morgan fingerprint density at radius 2 is 1.91 bits per heavy atom. The molecule has 0 amide bonds. The van der Waals surface area contributed by atoms with Crippen LogP contribution in [0.5, 0.6) is 0 Å². The molecule has 11 heavy (non-hydrogen) atoms. The second kappa shape index (κ2) is 3.36. The molecule has 0 unspecified atom stereocenters. The van der Waals surface area contributed by atoms with Crippen LogP contribution in [0.4, 0.5) is 0 Å². The van der Waals surface area contributed by atoms with Crippen molar-refractivity contribution in [2.45, 2.75) is 3.79 Å². The van der Waals surface area contributed by atoms with Crippen LogP contribution < -0.4 is 0 Å². The lowest BCUT2D eigenvalue weighted by Crippen LogP contribution is -2.01. The summed E-state index contributed by atoms with van der Waals surface area (Å²) in [5, 5.41) is 0.215. The van der Waals surface area contributed by atoms with Gasteiger partial charge >= 0.3 is 0 Å². The van der Waals surface area contributed by atoms with Crippen LogP contribution in [0.1, 0.15) is 5.56 Å². The largest absolute Gasteiger partial charge is 0.244 e. The Morgan fingerprint density at radius 1 is 1.27 bits per heavy atom. The normalized spacial score (nSPS) is 11.6. The number of rotatable bonds is 0. The van der Waals surface area contributed by atoms with E-state index in [-0.39, 0.29) is 5.15 Å². The van der Waals surface area contributed by atoms with E-state index in [2.05, 4.69) is 4.98 Å². The van der Waals surface area contributed by atoms with Crippen LogP contribution in [-0.2, 0) is 3.79 Å². The third-order valence-electron chi connectivity index (χ3n) is 1.06. The lowest BCUT2D eigenvalue weighted by Gasteiger charge is -2.10. The number of halogens is 4. The summed E-state index contributed by atoms with van der Waals surface area (Å²) >= 11 is 22.4. The number of hydrogen-bond donors (Lipinski definition) is 0. The first-order valence-electron chi connectivity index (χ1n) is 2.69. The van der Waals surface area contributed by atoms with Crippen molar-refractivity contribution in [1.29, 1.82) is 0 Å². The Balaban J connectivity index is 3.14.